The summed E-state index contributed by atoms with van der Waals surface area (Å²) >= 11 is 0. The van der Waals surface area contributed by atoms with E-state index in [1.807, 2.05) is 0 Å². The molecule has 1 aliphatic rings. The first-order valence-corrected chi connectivity index (χ1v) is 9.07. The number of anilines is 3. The van der Waals surface area contributed by atoms with E-state index in [2.05, 4.69) is 20.2 Å². The van der Waals surface area contributed by atoms with Crippen molar-refractivity contribution in [1.82, 2.24) is 10.1 Å². The van der Waals surface area contributed by atoms with E-state index >= 15 is 0 Å². The van der Waals surface area contributed by atoms with Gasteiger partial charge in [0.1, 0.15) is 11.6 Å². The molecule has 134 valence electrons. The second-order valence-electron chi connectivity index (χ2n) is 5.50. The molecule has 0 unspecified atom stereocenters. The zero-order chi connectivity index (χ0) is 18.1. The normalized spacial score (nSPS) is 12.8. The van der Waals surface area contributed by atoms with Crippen LogP contribution in [0.5, 0.6) is 11.5 Å². The van der Waals surface area contributed by atoms with E-state index in [1.54, 1.807) is 31.2 Å². The maximum Gasteiger partial charge on any atom is 0.263 e. The Bertz CT molecular complexity index is 1050. The molecule has 0 atom stereocenters. The van der Waals surface area contributed by atoms with Crippen LogP contribution in [-0.4, -0.2) is 25.4 Å². The van der Waals surface area contributed by atoms with Gasteiger partial charge < -0.3 is 19.3 Å². The van der Waals surface area contributed by atoms with E-state index in [0.29, 0.717) is 28.8 Å². The average molecular weight is 374 g/mol. The Morgan fingerprint density at radius 3 is 2.62 bits per heavy atom. The maximum atomic E-state index is 12.5. The molecule has 1 aromatic carbocycles. The number of rotatable bonds is 5. The summed E-state index contributed by atoms with van der Waals surface area (Å²) in [6, 6.07) is 9.36. The van der Waals surface area contributed by atoms with Gasteiger partial charge in [-0.2, -0.15) is 0 Å². The number of nitrogens with one attached hydrogen (secondary N) is 2. The molecule has 0 saturated carbocycles. The van der Waals surface area contributed by atoms with E-state index < -0.39 is 10.0 Å². The largest absolute Gasteiger partial charge is 0.454 e. The molecule has 3 aromatic rings. The first kappa shape index (κ1) is 16.2. The summed E-state index contributed by atoms with van der Waals surface area (Å²) in [5.74, 6) is 2.31. The monoisotopic (exact) mass is 374 g/mol. The Hall–Kier alpha value is -3.27. The SMILES string of the molecule is Cc1cc(Nc2ccc(NS(=O)(=O)c3ccc4c(c3)OCO4)nc2)no1. The second kappa shape index (κ2) is 6.23. The molecule has 0 fully saturated rings. The molecule has 0 saturated heterocycles. The highest BCUT2D eigenvalue weighted by molar-refractivity contribution is 7.92. The molecule has 26 heavy (non-hydrogen) atoms. The molecule has 0 spiro atoms. The van der Waals surface area contributed by atoms with Crippen LogP contribution in [0.3, 0.4) is 0 Å². The first-order chi connectivity index (χ1) is 12.5. The fourth-order valence-electron chi connectivity index (χ4n) is 2.34. The van der Waals surface area contributed by atoms with Crippen molar-refractivity contribution in [3.63, 3.8) is 0 Å². The highest BCUT2D eigenvalue weighted by atomic mass is 32.2. The number of benzene rings is 1. The van der Waals surface area contributed by atoms with Crippen molar-refractivity contribution in [2.75, 3.05) is 16.8 Å². The second-order valence-corrected chi connectivity index (χ2v) is 7.18. The number of sulfonamides is 1. The van der Waals surface area contributed by atoms with Gasteiger partial charge in [-0.3, -0.25) is 4.72 Å². The van der Waals surface area contributed by atoms with Crippen LogP contribution >= 0.6 is 0 Å². The van der Waals surface area contributed by atoms with Crippen molar-refractivity contribution in [2.45, 2.75) is 11.8 Å². The van der Waals surface area contributed by atoms with Crippen molar-refractivity contribution >= 4 is 27.3 Å². The van der Waals surface area contributed by atoms with Crippen LogP contribution in [0.25, 0.3) is 0 Å². The first-order valence-electron chi connectivity index (χ1n) is 7.58. The lowest BCUT2D eigenvalue weighted by molar-refractivity contribution is 0.174. The highest BCUT2D eigenvalue weighted by Crippen LogP contribution is 2.34. The Morgan fingerprint density at radius 2 is 1.88 bits per heavy atom. The molecule has 3 heterocycles. The zero-order valence-electron chi connectivity index (χ0n) is 13.6. The summed E-state index contributed by atoms with van der Waals surface area (Å²) in [4.78, 5) is 4.16. The van der Waals surface area contributed by atoms with Crippen molar-refractivity contribution in [3.8, 4) is 11.5 Å². The zero-order valence-corrected chi connectivity index (χ0v) is 14.4. The summed E-state index contributed by atoms with van der Waals surface area (Å²) in [5, 5.41) is 6.81. The predicted molar refractivity (Wildman–Crippen MR) is 92.1 cm³/mol. The van der Waals surface area contributed by atoms with Gasteiger partial charge in [0.2, 0.25) is 6.79 Å². The molecule has 0 amide bonds. The maximum absolute atomic E-state index is 12.5. The van der Waals surface area contributed by atoms with Crippen LogP contribution in [0.1, 0.15) is 5.76 Å². The number of hydrogen-bond donors (Lipinski definition) is 2. The lowest BCUT2D eigenvalue weighted by Crippen LogP contribution is -2.13. The smallest absolute Gasteiger partial charge is 0.263 e. The predicted octanol–water partition coefficient (Wildman–Crippen LogP) is 2.65. The summed E-state index contributed by atoms with van der Waals surface area (Å²) in [6.07, 6.45) is 1.49. The Morgan fingerprint density at radius 1 is 1.04 bits per heavy atom. The minimum atomic E-state index is -3.80. The number of hydrogen-bond acceptors (Lipinski definition) is 8. The highest BCUT2D eigenvalue weighted by Gasteiger charge is 2.20. The molecule has 1 aliphatic heterocycles. The van der Waals surface area contributed by atoms with Gasteiger partial charge in [-0.05, 0) is 31.2 Å². The fourth-order valence-corrected chi connectivity index (χ4v) is 3.37. The summed E-state index contributed by atoms with van der Waals surface area (Å²) < 4.78 is 42.8. The van der Waals surface area contributed by atoms with Gasteiger partial charge in [-0.25, -0.2) is 13.4 Å². The molecule has 0 aliphatic carbocycles. The Balaban J connectivity index is 1.49. The molecular formula is C16H14N4O5S. The van der Waals surface area contributed by atoms with Crippen LogP contribution in [0.4, 0.5) is 17.3 Å². The van der Waals surface area contributed by atoms with Gasteiger partial charge in [-0.15, -0.1) is 0 Å². The van der Waals surface area contributed by atoms with E-state index in [0.717, 1.165) is 0 Å². The minimum Gasteiger partial charge on any atom is -0.454 e. The van der Waals surface area contributed by atoms with Gasteiger partial charge in [0.05, 0.1) is 16.8 Å². The quantitative estimate of drug-likeness (QED) is 0.700. The minimum absolute atomic E-state index is 0.0591. The van der Waals surface area contributed by atoms with Crippen LogP contribution < -0.4 is 19.5 Å². The van der Waals surface area contributed by atoms with E-state index in [9.17, 15) is 8.42 Å². The van der Waals surface area contributed by atoms with Crippen LogP contribution in [0.15, 0.2) is 52.0 Å². The summed E-state index contributed by atoms with van der Waals surface area (Å²) in [7, 11) is -3.80. The number of aromatic nitrogens is 2. The third-order valence-electron chi connectivity index (χ3n) is 3.56. The standard InChI is InChI=1S/C16H14N4O5S/c1-10-6-16(19-25-10)18-11-2-5-15(17-8-11)20-26(21,22)12-3-4-13-14(7-12)24-9-23-13/h2-8H,9H2,1H3,(H,17,20)(H,18,19). The number of pyridine rings is 1. The molecule has 2 aromatic heterocycles. The fraction of sp³-hybridized carbons (Fsp3) is 0.125. The van der Waals surface area contributed by atoms with Gasteiger partial charge in [0.15, 0.2) is 17.3 Å². The topological polar surface area (TPSA) is 116 Å². The van der Waals surface area contributed by atoms with Gasteiger partial charge in [-0.1, -0.05) is 5.16 Å². The molecule has 10 heteroatoms. The Labute approximate surface area is 149 Å². The molecule has 0 bridgehead atoms. The molecule has 0 radical (unpaired) electrons. The number of ether oxygens (including phenoxy) is 2. The number of aryl methyl sites for hydroxylation is 1. The third-order valence-corrected chi connectivity index (χ3v) is 4.91. The number of nitrogens with zero attached hydrogens (tertiary/aromatic N) is 2. The van der Waals surface area contributed by atoms with Crippen LogP contribution in [-0.2, 0) is 10.0 Å². The molecular weight excluding hydrogens is 360 g/mol. The van der Waals surface area contributed by atoms with Gasteiger partial charge in [0, 0.05) is 12.1 Å². The summed E-state index contributed by atoms with van der Waals surface area (Å²) in [6.45, 7) is 1.86. The average Bonchev–Trinajstić information content (AvgIpc) is 3.24. The Kier molecular flexibility index (Phi) is 3.88. The molecule has 4 rings (SSSR count). The van der Waals surface area contributed by atoms with Gasteiger partial charge >= 0.3 is 0 Å². The van der Waals surface area contributed by atoms with Crippen molar-refractivity contribution < 1.29 is 22.4 Å². The van der Waals surface area contributed by atoms with E-state index in [-0.39, 0.29) is 17.5 Å². The summed E-state index contributed by atoms with van der Waals surface area (Å²) in [5.41, 5.74) is 0.643. The molecule has 9 nitrogen and oxygen atoms in total. The van der Waals surface area contributed by atoms with Crippen LogP contribution in [0, 0.1) is 6.92 Å². The lowest BCUT2D eigenvalue weighted by Gasteiger charge is -2.09. The van der Waals surface area contributed by atoms with Crippen molar-refractivity contribution in [2.24, 2.45) is 0 Å². The van der Waals surface area contributed by atoms with E-state index in [4.69, 9.17) is 14.0 Å². The number of fused-ring (bicyclic) bond motifs is 1. The van der Waals surface area contributed by atoms with Crippen molar-refractivity contribution in [3.05, 3.63) is 48.4 Å². The molecule has 2 N–H and O–H groups in total. The van der Waals surface area contributed by atoms with Crippen LogP contribution in [0.2, 0.25) is 0 Å². The third kappa shape index (κ3) is 3.26. The lowest BCUT2D eigenvalue weighted by atomic mass is 10.3. The van der Waals surface area contributed by atoms with E-state index in [1.165, 1.54) is 18.3 Å². The van der Waals surface area contributed by atoms with Crippen molar-refractivity contribution in [1.29, 1.82) is 0 Å². The van der Waals surface area contributed by atoms with Gasteiger partial charge in [0.25, 0.3) is 10.0 Å².